The quantitative estimate of drug-likeness (QED) is 0.853. The SMILES string of the molecule is COc1ccc(O)c(C=NCCc2cccc(Cl)c2)c1. The smallest absolute Gasteiger partial charge is 0.124 e. The Hall–Kier alpha value is -2.00. The van der Waals surface area contributed by atoms with Crippen molar-refractivity contribution in [3.8, 4) is 11.5 Å². The molecule has 2 rings (SSSR count). The van der Waals surface area contributed by atoms with Crippen molar-refractivity contribution >= 4 is 17.8 Å². The third kappa shape index (κ3) is 4.00. The zero-order valence-electron chi connectivity index (χ0n) is 11.2. The van der Waals surface area contributed by atoms with E-state index in [2.05, 4.69) is 4.99 Å². The summed E-state index contributed by atoms with van der Waals surface area (Å²) in [6, 6.07) is 12.8. The second kappa shape index (κ2) is 6.96. The molecule has 3 nitrogen and oxygen atoms in total. The summed E-state index contributed by atoms with van der Waals surface area (Å²) >= 11 is 5.92. The van der Waals surface area contributed by atoms with Crippen LogP contribution in [0.2, 0.25) is 5.02 Å². The molecule has 1 N–H and O–H groups in total. The van der Waals surface area contributed by atoms with Crippen molar-refractivity contribution in [3.05, 3.63) is 58.6 Å². The van der Waals surface area contributed by atoms with Crippen LogP contribution in [0.1, 0.15) is 11.1 Å². The lowest BCUT2D eigenvalue weighted by molar-refractivity contribution is 0.412. The zero-order chi connectivity index (χ0) is 14.4. The lowest BCUT2D eigenvalue weighted by Crippen LogP contribution is -1.92. The van der Waals surface area contributed by atoms with Crippen LogP contribution < -0.4 is 4.74 Å². The maximum atomic E-state index is 9.72. The van der Waals surface area contributed by atoms with Gasteiger partial charge in [-0.3, -0.25) is 4.99 Å². The Balaban J connectivity index is 1.96. The minimum absolute atomic E-state index is 0.192. The molecule has 0 atom stereocenters. The first-order valence-electron chi connectivity index (χ1n) is 6.30. The summed E-state index contributed by atoms with van der Waals surface area (Å²) in [5.74, 6) is 0.886. The Morgan fingerprint density at radius 3 is 2.85 bits per heavy atom. The van der Waals surface area contributed by atoms with Gasteiger partial charge in [-0.2, -0.15) is 0 Å². The highest BCUT2D eigenvalue weighted by Gasteiger charge is 2.00. The van der Waals surface area contributed by atoms with Crippen molar-refractivity contribution in [2.24, 2.45) is 4.99 Å². The number of aromatic hydroxyl groups is 1. The highest BCUT2D eigenvalue weighted by Crippen LogP contribution is 2.21. The molecule has 0 heterocycles. The van der Waals surface area contributed by atoms with Crippen molar-refractivity contribution < 1.29 is 9.84 Å². The van der Waals surface area contributed by atoms with Crippen LogP contribution >= 0.6 is 11.6 Å². The highest BCUT2D eigenvalue weighted by atomic mass is 35.5. The minimum Gasteiger partial charge on any atom is -0.507 e. The number of benzene rings is 2. The van der Waals surface area contributed by atoms with Crippen LogP contribution in [0.3, 0.4) is 0 Å². The van der Waals surface area contributed by atoms with Gasteiger partial charge < -0.3 is 9.84 Å². The molecular weight excluding hydrogens is 274 g/mol. The van der Waals surface area contributed by atoms with Gasteiger partial charge in [-0.25, -0.2) is 0 Å². The number of ether oxygens (including phenoxy) is 1. The van der Waals surface area contributed by atoms with Crippen LogP contribution in [0, 0.1) is 0 Å². The Labute approximate surface area is 123 Å². The Bertz CT molecular complexity index is 611. The molecule has 0 aliphatic carbocycles. The van der Waals surface area contributed by atoms with Gasteiger partial charge in [0.05, 0.1) is 7.11 Å². The van der Waals surface area contributed by atoms with Crippen molar-refractivity contribution in [1.29, 1.82) is 0 Å². The number of halogens is 1. The number of phenolic OH excluding ortho intramolecular Hbond substituents is 1. The molecule has 20 heavy (non-hydrogen) atoms. The van der Waals surface area contributed by atoms with E-state index in [1.807, 2.05) is 24.3 Å². The third-order valence-electron chi connectivity index (χ3n) is 2.88. The molecule has 0 saturated heterocycles. The van der Waals surface area contributed by atoms with E-state index in [1.54, 1.807) is 31.5 Å². The number of nitrogens with zero attached hydrogens (tertiary/aromatic N) is 1. The summed E-state index contributed by atoms with van der Waals surface area (Å²) in [5.41, 5.74) is 1.79. The van der Waals surface area contributed by atoms with E-state index in [-0.39, 0.29) is 5.75 Å². The number of aliphatic imine (C=N–C) groups is 1. The van der Waals surface area contributed by atoms with E-state index >= 15 is 0 Å². The molecule has 0 aliphatic heterocycles. The first-order valence-corrected chi connectivity index (χ1v) is 6.68. The number of phenols is 1. The average Bonchev–Trinajstić information content (AvgIpc) is 2.45. The lowest BCUT2D eigenvalue weighted by Gasteiger charge is -2.03. The molecule has 0 aliphatic rings. The van der Waals surface area contributed by atoms with Gasteiger partial charge in [0.15, 0.2) is 0 Å². The minimum atomic E-state index is 0.192. The van der Waals surface area contributed by atoms with Crippen LogP contribution in [0.5, 0.6) is 11.5 Å². The second-order valence-electron chi connectivity index (χ2n) is 4.34. The number of hydrogen-bond acceptors (Lipinski definition) is 3. The standard InChI is InChI=1S/C16H16ClNO2/c1-20-15-5-6-16(19)13(10-15)11-18-8-7-12-3-2-4-14(17)9-12/h2-6,9-11,19H,7-8H2,1H3. The molecule has 2 aromatic carbocycles. The van der Waals surface area contributed by atoms with Crippen molar-refractivity contribution in [2.75, 3.05) is 13.7 Å². The van der Waals surface area contributed by atoms with E-state index in [9.17, 15) is 5.11 Å². The molecule has 0 fully saturated rings. The fraction of sp³-hybridized carbons (Fsp3) is 0.188. The molecular formula is C16H16ClNO2. The van der Waals surface area contributed by atoms with Gasteiger partial charge in [0.25, 0.3) is 0 Å². The fourth-order valence-corrected chi connectivity index (χ4v) is 2.02. The third-order valence-corrected chi connectivity index (χ3v) is 3.12. The largest absolute Gasteiger partial charge is 0.507 e. The number of rotatable bonds is 5. The predicted molar refractivity (Wildman–Crippen MR) is 82.3 cm³/mol. The average molecular weight is 290 g/mol. The van der Waals surface area contributed by atoms with Crippen molar-refractivity contribution in [1.82, 2.24) is 0 Å². The fourth-order valence-electron chi connectivity index (χ4n) is 1.81. The molecule has 104 valence electrons. The number of hydrogen-bond donors (Lipinski definition) is 1. The molecule has 0 aromatic heterocycles. The van der Waals surface area contributed by atoms with Gasteiger partial charge in [-0.1, -0.05) is 23.7 Å². The van der Waals surface area contributed by atoms with E-state index in [4.69, 9.17) is 16.3 Å². The monoisotopic (exact) mass is 289 g/mol. The van der Waals surface area contributed by atoms with Gasteiger partial charge in [0.1, 0.15) is 11.5 Å². The molecule has 0 radical (unpaired) electrons. The normalized spacial score (nSPS) is 10.9. The van der Waals surface area contributed by atoms with Crippen LogP contribution in [0.15, 0.2) is 47.5 Å². The first kappa shape index (κ1) is 14.4. The summed E-state index contributed by atoms with van der Waals surface area (Å²) in [6.45, 7) is 0.636. The second-order valence-corrected chi connectivity index (χ2v) is 4.78. The van der Waals surface area contributed by atoms with Gasteiger partial charge in [-0.15, -0.1) is 0 Å². The van der Waals surface area contributed by atoms with Crippen molar-refractivity contribution in [3.63, 3.8) is 0 Å². The van der Waals surface area contributed by atoms with E-state index < -0.39 is 0 Å². The summed E-state index contributed by atoms with van der Waals surface area (Å²) in [5, 5.41) is 10.5. The summed E-state index contributed by atoms with van der Waals surface area (Å²) in [6.07, 6.45) is 2.46. The molecule has 0 unspecified atom stereocenters. The first-order chi connectivity index (χ1) is 9.69. The van der Waals surface area contributed by atoms with Crippen LogP contribution in [0.25, 0.3) is 0 Å². The van der Waals surface area contributed by atoms with Gasteiger partial charge >= 0.3 is 0 Å². The van der Waals surface area contributed by atoms with Crippen LogP contribution in [0.4, 0.5) is 0 Å². The Morgan fingerprint density at radius 1 is 1.25 bits per heavy atom. The Kier molecular flexibility index (Phi) is 5.02. The van der Waals surface area contributed by atoms with Crippen molar-refractivity contribution in [2.45, 2.75) is 6.42 Å². The maximum Gasteiger partial charge on any atom is 0.124 e. The topological polar surface area (TPSA) is 41.8 Å². The van der Waals surface area contributed by atoms with E-state index in [0.29, 0.717) is 17.9 Å². The molecule has 0 saturated carbocycles. The Morgan fingerprint density at radius 2 is 2.10 bits per heavy atom. The molecule has 0 spiro atoms. The van der Waals surface area contributed by atoms with E-state index in [1.165, 1.54) is 0 Å². The van der Waals surface area contributed by atoms with Crippen LogP contribution in [-0.4, -0.2) is 25.0 Å². The van der Waals surface area contributed by atoms with Gasteiger partial charge in [-0.05, 0) is 42.3 Å². The lowest BCUT2D eigenvalue weighted by atomic mass is 10.1. The summed E-state index contributed by atoms with van der Waals surface area (Å²) in [7, 11) is 1.59. The van der Waals surface area contributed by atoms with Gasteiger partial charge in [0.2, 0.25) is 0 Å². The summed E-state index contributed by atoms with van der Waals surface area (Å²) < 4.78 is 5.11. The van der Waals surface area contributed by atoms with Gasteiger partial charge in [0, 0.05) is 23.3 Å². The molecule has 0 amide bonds. The number of methoxy groups -OCH3 is 1. The zero-order valence-corrected chi connectivity index (χ0v) is 12.0. The van der Waals surface area contributed by atoms with E-state index in [0.717, 1.165) is 17.0 Å². The summed E-state index contributed by atoms with van der Waals surface area (Å²) in [4.78, 5) is 4.32. The molecule has 0 bridgehead atoms. The molecule has 2 aromatic rings. The maximum absolute atomic E-state index is 9.72. The highest BCUT2D eigenvalue weighted by molar-refractivity contribution is 6.30. The predicted octanol–water partition coefficient (Wildman–Crippen LogP) is 3.72. The molecule has 4 heteroatoms. The van der Waals surface area contributed by atoms with Crippen LogP contribution in [-0.2, 0) is 6.42 Å².